The summed E-state index contributed by atoms with van der Waals surface area (Å²) in [6.07, 6.45) is 3.92. The molecule has 0 unspecified atom stereocenters. The minimum absolute atomic E-state index is 0.0327. The van der Waals surface area contributed by atoms with E-state index in [1.54, 1.807) is 6.08 Å². The lowest BCUT2D eigenvalue weighted by Gasteiger charge is -2.12. The number of nitrogens with one attached hydrogen (secondary N) is 1. The standard InChI is InChI=1S/C19H23NO4/c1-3-11-20-19(23)13(2)24-18(22)10-9-17(21)16-8-7-14-5-4-6-15(14)12-16/h3,7-8,12-13H,1,4-6,9-11H2,2H3,(H,20,23)/t13-/m0/s1. The molecule has 24 heavy (non-hydrogen) atoms. The molecule has 128 valence electrons. The molecule has 0 radical (unpaired) electrons. The summed E-state index contributed by atoms with van der Waals surface area (Å²) in [7, 11) is 0. The van der Waals surface area contributed by atoms with Gasteiger partial charge in [0, 0.05) is 18.5 Å². The Hall–Kier alpha value is -2.43. The zero-order valence-corrected chi connectivity index (χ0v) is 14.0. The number of aryl methyl sites for hydroxylation is 2. The number of amides is 1. The Labute approximate surface area is 142 Å². The number of esters is 1. The average molecular weight is 329 g/mol. The lowest BCUT2D eigenvalue weighted by atomic mass is 10.0. The van der Waals surface area contributed by atoms with E-state index in [4.69, 9.17) is 4.74 Å². The van der Waals surface area contributed by atoms with Gasteiger partial charge in [-0.1, -0.05) is 18.2 Å². The van der Waals surface area contributed by atoms with E-state index < -0.39 is 12.1 Å². The third kappa shape index (κ3) is 4.78. The first kappa shape index (κ1) is 17.9. The highest BCUT2D eigenvalue weighted by molar-refractivity contribution is 5.98. The number of rotatable bonds is 8. The van der Waals surface area contributed by atoms with E-state index in [0.29, 0.717) is 12.1 Å². The van der Waals surface area contributed by atoms with Crippen LogP contribution in [-0.2, 0) is 27.2 Å². The number of carbonyl (C=O) groups is 3. The Bertz CT molecular complexity index is 651. The molecule has 2 rings (SSSR count). The van der Waals surface area contributed by atoms with E-state index >= 15 is 0 Å². The SMILES string of the molecule is C=CCNC(=O)[C@H](C)OC(=O)CCC(=O)c1ccc2c(c1)CCC2. The summed E-state index contributed by atoms with van der Waals surface area (Å²) in [5, 5.41) is 2.55. The van der Waals surface area contributed by atoms with E-state index in [0.717, 1.165) is 19.3 Å². The van der Waals surface area contributed by atoms with Gasteiger partial charge in [0.2, 0.25) is 0 Å². The van der Waals surface area contributed by atoms with Crippen molar-refractivity contribution in [2.24, 2.45) is 0 Å². The third-order valence-electron chi connectivity index (χ3n) is 4.07. The maximum Gasteiger partial charge on any atom is 0.307 e. The fourth-order valence-electron chi connectivity index (χ4n) is 2.73. The smallest absolute Gasteiger partial charge is 0.307 e. The van der Waals surface area contributed by atoms with Crippen molar-refractivity contribution >= 4 is 17.7 Å². The van der Waals surface area contributed by atoms with E-state index in [2.05, 4.69) is 11.9 Å². The van der Waals surface area contributed by atoms with Crippen molar-refractivity contribution in [2.45, 2.75) is 45.1 Å². The van der Waals surface area contributed by atoms with Gasteiger partial charge in [-0.05, 0) is 43.4 Å². The van der Waals surface area contributed by atoms with Gasteiger partial charge < -0.3 is 10.1 Å². The van der Waals surface area contributed by atoms with Gasteiger partial charge in [0.1, 0.15) is 0 Å². The molecular weight excluding hydrogens is 306 g/mol. The molecule has 1 amide bonds. The van der Waals surface area contributed by atoms with Gasteiger partial charge in [-0.3, -0.25) is 14.4 Å². The van der Waals surface area contributed by atoms with E-state index in [-0.39, 0.29) is 24.5 Å². The summed E-state index contributed by atoms with van der Waals surface area (Å²) < 4.78 is 5.03. The summed E-state index contributed by atoms with van der Waals surface area (Å²) in [6.45, 7) is 5.31. The Balaban J connectivity index is 1.80. The normalized spacial score (nSPS) is 13.7. The summed E-state index contributed by atoms with van der Waals surface area (Å²) >= 11 is 0. The lowest BCUT2D eigenvalue weighted by Crippen LogP contribution is -2.35. The molecule has 1 N–H and O–H groups in total. The minimum atomic E-state index is -0.882. The first-order valence-electron chi connectivity index (χ1n) is 8.24. The molecule has 0 heterocycles. The molecule has 0 bridgehead atoms. The topological polar surface area (TPSA) is 72.5 Å². The van der Waals surface area contributed by atoms with Gasteiger partial charge in [0.25, 0.3) is 5.91 Å². The van der Waals surface area contributed by atoms with Crippen LogP contribution in [-0.4, -0.2) is 30.3 Å². The molecule has 0 saturated heterocycles. The quantitative estimate of drug-likeness (QED) is 0.451. The molecule has 1 aliphatic carbocycles. The van der Waals surface area contributed by atoms with Crippen LogP contribution in [0.4, 0.5) is 0 Å². The Kier molecular flexibility index (Phi) is 6.29. The molecule has 0 saturated carbocycles. The van der Waals surface area contributed by atoms with Crippen LogP contribution in [0.2, 0.25) is 0 Å². The zero-order valence-electron chi connectivity index (χ0n) is 14.0. The number of ether oxygens (including phenoxy) is 1. The molecule has 0 aliphatic heterocycles. The van der Waals surface area contributed by atoms with Gasteiger partial charge in [-0.2, -0.15) is 0 Å². The Morgan fingerprint density at radius 3 is 2.75 bits per heavy atom. The van der Waals surface area contributed by atoms with Gasteiger partial charge in [0.05, 0.1) is 6.42 Å². The van der Waals surface area contributed by atoms with Crippen LogP contribution in [0, 0.1) is 0 Å². The summed E-state index contributed by atoms with van der Waals surface area (Å²) in [4.78, 5) is 35.6. The Morgan fingerprint density at radius 1 is 1.25 bits per heavy atom. The second kappa shape index (κ2) is 8.43. The molecule has 1 aromatic carbocycles. The average Bonchev–Trinajstić information content (AvgIpc) is 3.04. The van der Waals surface area contributed by atoms with Gasteiger partial charge in [0.15, 0.2) is 11.9 Å². The van der Waals surface area contributed by atoms with Crippen molar-refractivity contribution in [2.75, 3.05) is 6.54 Å². The number of hydrogen-bond donors (Lipinski definition) is 1. The van der Waals surface area contributed by atoms with Crippen LogP contribution in [0.1, 0.15) is 47.7 Å². The number of fused-ring (bicyclic) bond motifs is 1. The van der Waals surface area contributed by atoms with Crippen LogP contribution < -0.4 is 5.32 Å². The van der Waals surface area contributed by atoms with Crippen molar-refractivity contribution in [3.05, 3.63) is 47.5 Å². The fraction of sp³-hybridized carbons (Fsp3) is 0.421. The van der Waals surface area contributed by atoms with Crippen LogP contribution in [0.15, 0.2) is 30.9 Å². The van der Waals surface area contributed by atoms with Crippen LogP contribution >= 0.6 is 0 Å². The Morgan fingerprint density at radius 2 is 2.00 bits per heavy atom. The molecular formula is C19H23NO4. The predicted molar refractivity (Wildman–Crippen MR) is 90.8 cm³/mol. The van der Waals surface area contributed by atoms with Crippen molar-refractivity contribution in [3.8, 4) is 0 Å². The van der Waals surface area contributed by atoms with Crippen molar-refractivity contribution in [1.29, 1.82) is 0 Å². The number of ketones is 1. The number of carbonyl (C=O) groups excluding carboxylic acids is 3. The molecule has 1 aliphatic rings. The lowest BCUT2D eigenvalue weighted by molar-refractivity contribution is -0.154. The molecule has 0 aromatic heterocycles. The van der Waals surface area contributed by atoms with Crippen molar-refractivity contribution in [1.82, 2.24) is 5.32 Å². The molecule has 5 nitrogen and oxygen atoms in total. The number of Topliss-reactive ketones (excluding diaryl/α,β-unsaturated/α-hetero) is 1. The highest BCUT2D eigenvalue weighted by atomic mass is 16.5. The number of hydrogen-bond acceptors (Lipinski definition) is 4. The monoisotopic (exact) mass is 329 g/mol. The molecule has 0 fully saturated rings. The molecule has 0 spiro atoms. The fourth-order valence-corrected chi connectivity index (χ4v) is 2.73. The summed E-state index contributed by atoms with van der Waals surface area (Å²) in [6, 6.07) is 5.75. The highest BCUT2D eigenvalue weighted by Gasteiger charge is 2.19. The minimum Gasteiger partial charge on any atom is -0.453 e. The van der Waals surface area contributed by atoms with Gasteiger partial charge >= 0.3 is 5.97 Å². The third-order valence-corrected chi connectivity index (χ3v) is 4.07. The zero-order chi connectivity index (χ0) is 17.5. The molecule has 1 aromatic rings. The van der Waals surface area contributed by atoms with Gasteiger partial charge in [-0.25, -0.2) is 0 Å². The second-order valence-electron chi connectivity index (χ2n) is 5.93. The van der Waals surface area contributed by atoms with E-state index in [1.165, 1.54) is 18.1 Å². The summed E-state index contributed by atoms with van der Waals surface area (Å²) in [5.41, 5.74) is 3.18. The molecule has 1 atom stereocenters. The predicted octanol–water partition coefficient (Wildman–Crippen LogP) is 2.37. The van der Waals surface area contributed by atoms with Crippen molar-refractivity contribution in [3.63, 3.8) is 0 Å². The van der Waals surface area contributed by atoms with E-state index in [1.807, 2.05) is 18.2 Å². The second-order valence-corrected chi connectivity index (χ2v) is 5.93. The van der Waals surface area contributed by atoms with Crippen LogP contribution in [0.3, 0.4) is 0 Å². The molecule has 5 heteroatoms. The maximum absolute atomic E-state index is 12.2. The first-order chi connectivity index (χ1) is 11.5. The van der Waals surface area contributed by atoms with E-state index in [9.17, 15) is 14.4 Å². The van der Waals surface area contributed by atoms with Gasteiger partial charge in [-0.15, -0.1) is 6.58 Å². The van der Waals surface area contributed by atoms with Crippen LogP contribution in [0.5, 0.6) is 0 Å². The largest absolute Gasteiger partial charge is 0.453 e. The summed E-state index contributed by atoms with van der Waals surface area (Å²) in [5.74, 6) is -1.01. The maximum atomic E-state index is 12.2. The van der Waals surface area contributed by atoms with Crippen LogP contribution in [0.25, 0.3) is 0 Å². The highest BCUT2D eigenvalue weighted by Crippen LogP contribution is 2.23. The number of benzene rings is 1. The first-order valence-corrected chi connectivity index (χ1v) is 8.24. The van der Waals surface area contributed by atoms with Crippen molar-refractivity contribution < 1.29 is 19.1 Å².